The monoisotopic (exact) mass is 290 g/mol. The van der Waals surface area contributed by atoms with Gasteiger partial charge in [-0.2, -0.15) is 0 Å². The lowest BCUT2D eigenvalue weighted by Gasteiger charge is -2.37. The predicted molar refractivity (Wildman–Crippen MR) is 84.0 cm³/mol. The van der Waals surface area contributed by atoms with Crippen LogP contribution in [0.3, 0.4) is 0 Å². The average molecular weight is 290 g/mol. The Morgan fingerprint density at radius 3 is 2.57 bits per heavy atom. The molecule has 1 saturated carbocycles. The Hall–Kier alpha value is -1.10. The summed E-state index contributed by atoms with van der Waals surface area (Å²) in [6.07, 6.45) is 2.52. The van der Waals surface area contributed by atoms with Crippen LogP contribution in [0.15, 0.2) is 24.3 Å². The van der Waals surface area contributed by atoms with Crippen molar-refractivity contribution in [3.8, 4) is 5.75 Å². The summed E-state index contributed by atoms with van der Waals surface area (Å²) in [6, 6.07) is 9.22. The Morgan fingerprint density at radius 1 is 1.19 bits per heavy atom. The Morgan fingerprint density at radius 2 is 1.90 bits per heavy atom. The minimum absolute atomic E-state index is 0.693. The fourth-order valence-corrected chi connectivity index (χ4v) is 3.18. The molecule has 1 heterocycles. The van der Waals surface area contributed by atoms with Crippen LogP contribution in [0.2, 0.25) is 0 Å². The first-order chi connectivity index (χ1) is 10.3. The normalized spacial score (nSPS) is 26.3. The number of hydrogen-bond donors (Lipinski definition) is 1. The van der Waals surface area contributed by atoms with Crippen LogP contribution in [0.25, 0.3) is 0 Å². The molecule has 0 amide bonds. The fraction of sp³-hybridized carbons (Fsp3) is 0.647. The molecule has 4 nitrogen and oxygen atoms in total. The lowest BCUT2D eigenvalue weighted by atomic mass is 9.76. The number of nitrogens with zero attached hydrogens (tertiary/aromatic N) is 1. The highest BCUT2D eigenvalue weighted by atomic mass is 16.5. The van der Waals surface area contributed by atoms with Crippen LogP contribution in [-0.2, 0) is 4.74 Å². The van der Waals surface area contributed by atoms with E-state index in [4.69, 9.17) is 9.47 Å². The van der Waals surface area contributed by atoms with Crippen molar-refractivity contribution in [3.63, 3.8) is 0 Å². The van der Waals surface area contributed by atoms with E-state index in [9.17, 15) is 0 Å². The van der Waals surface area contributed by atoms with Crippen molar-refractivity contribution in [1.82, 2.24) is 10.2 Å². The molecule has 0 spiro atoms. The minimum atomic E-state index is 0.693. The van der Waals surface area contributed by atoms with Crippen LogP contribution >= 0.6 is 0 Å². The van der Waals surface area contributed by atoms with E-state index >= 15 is 0 Å². The van der Waals surface area contributed by atoms with Gasteiger partial charge in [-0.15, -0.1) is 0 Å². The third-order valence-corrected chi connectivity index (χ3v) is 4.69. The molecule has 1 aliphatic carbocycles. The SMILES string of the molecule is COc1ccc(C2CC(NCCN3CCOCC3)C2)cc1. The largest absolute Gasteiger partial charge is 0.497 e. The third kappa shape index (κ3) is 3.96. The molecule has 1 aromatic rings. The van der Waals surface area contributed by atoms with Gasteiger partial charge < -0.3 is 14.8 Å². The van der Waals surface area contributed by atoms with Crippen molar-refractivity contribution in [1.29, 1.82) is 0 Å². The van der Waals surface area contributed by atoms with Crippen molar-refractivity contribution in [2.45, 2.75) is 24.8 Å². The molecular formula is C17H26N2O2. The zero-order valence-electron chi connectivity index (χ0n) is 12.9. The smallest absolute Gasteiger partial charge is 0.118 e. The van der Waals surface area contributed by atoms with Gasteiger partial charge >= 0.3 is 0 Å². The van der Waals surface area contributed by atoms with Gasteiger partial charge in [0.15, 0.2) is 0 Å². The van der Waals surface area contributed by atoms with E-state index in [0.29, 0.717) is 6.04 Å². The van der Waals surface area contributed by atoms with Crippen LogP contribution in [0.5, 0.6) is 5.75 Å². The molecule has 0 atom stereocenters. The highest BCUT2D eigenvalue weighted by Crippen LogP contribution is 2.37. The van der Waals surface area contributed by atoms with Gasteiger partial charge in [0.25, 0.3) is 0 Å². The average Bonchev–Trinajstić information content (AvgIpc) is 2.51. The van der Waals surface area contributed by atoms with Gasteiger partial charge in [0, 0.05) is 32.2 Å². The molecular weight excluding hydrogens is 264 g/mol. The molecule has 0 aromatic heterocycles. The molecule has 0 unspecified atom stereocenters. The van der Waals surface area contributed by atoms with E-state index in [2.05, 4.69) is 34.5 Å². The lowest BCUT2D eigenvalue weighted by Crippen LogP contribution is -2.45. The van der Waals surface area contributed by atoms with Gasteiger partial charge in [-0.3, -0.25) is 4.90 Å². The number of nitrogens with one attached hydrogen (secondary N) is 1. The maximum absolute atomic E-state index is 5.37. The topological polar surface area (TPSA) is 33.7 Å². The highest BCUT2D eigenvalue weighted by Gasteiger charge is 2.29. The molecule has 1 aromatic carbocycles. The first-order valence-corrected chi connectivity index (χ1v) is 8.02. The number of ether oxygens (including phenoxy) is 2. The van der Waals surface area contributed by atoms with Crippen molar-refractivity contribution in [3.05, 3.63) is 29.8 Å². The number of benzene rings is 1. The van der Waals surface area contributed by atoms with Crippen LogP contribution in [0.4, 0.5) is 0 Å². The molecule has 1 saturated heterocycles. The quantitative estimate of drug-likeness (QED) is 0.867. The standard InChI is InChI=1S/C17H26N2O2/c1-20-17-4-2-14(3-5-17)15-12-16(13-15)18-6-7-19-8-10-21-11-9-19/h2-5,15-16,18H,6-13H2,1H3. The van der Waals surface area contributed by atoms with Gasteiger partial charge in [0.1, 0.15) is 5.75 Å². The second-order valence-electron chi connectivity index (χ2n) is 6.05. The second-order valence-corrected chi connectivity index (χ2v) is 6.05. The van der Waals surface area contributed by atoms with Gasteiger partial charge in [-0.25, -0.2) is 0 Å². The predicted octanol–water partition coefficient (Wildman–Crippen LogP) is 1.86. The Bertz CT molecular complexity index is 423. The molecule has 2 fully saturated rings. The lowest BCUT2D eigenvalue weighted by molar-refractivity contribution is 0.0376. The summed E-state index contributed by atoms with van der Waals surface area (Å²) >= 11 is 0. The van der Waals surface area contributed by atoms with Gasteiger partial charge in [0.2, 0.25) is 0 Å². The molecule has 1 N–H and O–H groups in total. The summed E-state index contributed by atoms with van der Waals surface area (Å²) in [5.41, 5.74) is 1.45. The van der Waals surface area contributed by atoms with Crippen LogP contribution in [0, 0.1) is 0 Å². The molecule has 21 heavy (non-hydrogen) atoms. The molecule has 2 aliphatic rings. The van der Waals surface area contributed by atoms with Crippen molar-refractivity contribution in [2.24, 2.45) is 0 Å². The zero-order chi connectivity index (χ0) is 14.5. The summed E-state index contributed by atoms with van der Waals surface area (Å²) in [6.45, 7) is 6.20. The number of hydrogen-bond acceptors (Lipinski definition) is 4. The van der Waals surface area contributed by atoms with E-state index in [-0.39, 0.29) is 0 Å². The van der Waals surface area contributed by atoms with E-state index in [0.717, 1.165) is 51.1 Å². The maximum Gasteiger partial charge on any atom is 0.118 e. The number of rotatable bonds is 6. The number of methoxy groups -OCH3 is 1. The van der Waals surface area contributed by atoms with Crippen LogP contribution in [-0.4, -0.2) is 57.4 Å². The summed E-state index contributed by atoms with van der Waals surface area (Å²) in [4.78, 5) is 2.48. The summed E-state index contributed by atoms with van der Waals surface area (Å²) < 4.78 is 10.6. The van der Waals surface area contributed by atoms with Gasteiger partial charge in [-0.1, -0.05) is 12.1 Å². The van der Waals surface area contributed by atoms with E-state index in [1.165, 1.54) is 18.4 Å². The first kappa shape index (κ1) is 14.8. The van der Waals surface area contributed by atoms with Crippen LogP contribution in [0.1, 0.15) is 24.3 Å². The summed E-state index contributed by atoms with van der Waals surface area (Å²) in [7, 11) is 1.72. The Labute approximate surface area is 127 Å². The van der Waals surface area contributed by atoms with E-state index in [1.54, 1.807) is 7.11 Å². The summed E-state index contributed by atoms with van der Waals surface area (Å²) in [5.74, 6) is 1.66. The van der Waals surface area contributed by atoms with Crippen LogP contribution < -0.4 is 10.1 Å². The first-order valence-electron chi connectivity index (χ1n) is 8.02. The van der Waals surface area contributed by atoms with E-state index in [1.807, 2.05) is 0 Å². The fourth-order valence-electron chi connectivity index (χ4n) is 3.18. The Kier molecular flexibility index (Phi) is 5.12. The summed E-state index contributed by atoms with van der Waals surface area (Å²) in [5, 5.41) is 3.68. The van der Waals surface area contributed by atoms with Gasteiger partial charge in [-0.05, 0) is 36.5 Å². The maximum atomic E-state index is 5.37. The van der Waals surface area contributed by atoms with Gasteiger partial charge in [0.05, 0.1) is 20.3 Å². The second kappa shape index (κ2) is 7.25. The molecule has 0 bridgehead atoms. The highest BCUT2D eigenvalue weighted by molar-refractivity contribution is 5.30. The zero-order valence-corrected chi connectivity index (χ0v) is 12.9. The van der Waals surface area contributed by atoms with Crippen molar-refractivity contribution >= 4 is 0 Å². The molecule has 116 valence electrons. The van der Waals surface area contributed by atoms with Crippen molar-refractivity contribution < 1.29 is 9.47 Å². The number of morpholine rings is 1. The minimum Gasteiger partial charge on any atom is -0.497 e. The Balaban J connectivity index is 1.33. The molecule has 4 heteroatoms. The molecule has 0 radical (unpaired) electrons. The molecule has 1 aliphatic heterocycles. The van der Waals surface area contributed by atoms with E-state index < -0.39 is 0 Å². The van der Waals surface area contributed by atoms with Crippen molar-refractivity contribution in [2.75, 3.05) is 46.5 Å². The molecule has 3 rings (SSSR count). The third-order valence-electron chi connectivity index (χ3n) is 4.69.